The van der Waals surface area contributed by atoms with Gasteiger partial charge in [0.15, 0.2) is 5.60 Å². The summed E-state index contributed by atoms with van der Waals surface area (Å²) in [6.45, 7) is 7.93. The van der Waals surface area contributed by atoms with Gasteiger partial charge in [-0.15, -0.1) is 0 Å². The van der Waals surface area contributed by atoms with E-state index in [0.717, 1.165) is 31.5 Å². The van der Waals surface area contributed by atoms with Crippen LogP contribution in [0.25, 0.3) is 0 Å². The summed E-state index contributed by atoms with van der Waals surface area (Å²) < 4.78 is 17.4. The molecule has 32 heavy (non-hydrogen) atoms. The number of benzene rings is 1. The van der Waals surface area contributed by atoms with E-state index in [0.29, 0.717) is 13.0 Å². The lowest BCUT2D eigenvalue weighted by molar-refractivity contribution is -0.184. The van der Waals surface area contributed by atoms with Crippen LogP contribution in [0.4, 0.5) is 0 Å². The van der Waals surface area contributed by atoms with Crippen LogP contribution in [0.5, 0.6) is 0 Å². The van der Waals surface area contributed by atoms with Crippen LogP contribution in [0.1, 0.15) is 52.0 Å². The molecule has 3 heterocycles. The Morgan fingerprint density at radius 2 is 1.88 bits per heavy atom. The quantitative estimate of drug-likeness (QED) is 0.646. The van der Waals surface area contributed by atoms with Gasteiger partial charge in [0.1, 0.15) is 6.61 Å². The molecule has 0 aromatic heterocycles. The average Bonchev–Trinajstić information content (AvgIpc) is 3.39. The number of hydrogen-bond acceptors (Lipinski definition) is 7. The molecule has 0 unspecified atom stereocenters. The number of aliphatic hydroxyl groups excluding tert-OH is 1. The van der Waals surface area contributed by atoms with Crippen LogP contribution in [-0.4, -0.2) is 65.0 Å². The molecule has 1 aromatic carbocycles. The van der Waals surface area contributed by atoms with Crippen molar-refractivity contribution < 1.29 is 28.9 Å². The van der Waals surface area contributed by atoms with Crippen LogP contribution in [0.2, 0.25) is 0 Å². The van der Waals surface area contributed by atoms with Crippen molar-refractivity contribution in [2.24, 2.45) is 11.8 Å². The number of rotatable bonds is 7. The number of aliphatic hydroxyl groups is 1. The molecule has 0 saturated carbocycles. The molecule has 0 spiro atoms. The maximum absolute atomic E-state index is 12.9. The maximum Gasteiger partial charge on any atom is 0.338 e. The van der Waals surface area contributed by atoms with Gasteiger partial charge < -0.3 is 19.3 Å². The molecule has 1 N–H and O–H groups in total. The molecule has 3 saturated heterocycles. The largest absolute Gasteiger partial charge is 0.465 e. The second kappa shape index (κ2) is 9.12. The van der Waals surface area contributed by atoms with Crippen molar-refractivity contribution in [3.8, 4) is 0 Å². The van der Waals surface area contributed by atoms with Crippen molar-refractivity contribution >= 4 is 11.9 Å². The van der Waals surface area contributed by atoms with Crippen LogP contribution in [0.15, 0.2) is 30.3 Å². The molecule has 3 aliphatic rings. The van der Waals surface area contributed by atoms with Gasteiger partial charge in [0.25, 0.3) is 0 Å². The number of nitrogens with zero attached hydrogens (tertiary/aromatic N) is 1. The van der Waals surface area contributed by atoms with Crippen molar-refractivity contribution in [3.05, 3.63) is 35.9 Å². The molecule has 4 rings (SSSR count). The number of esters is 2. The third-order valence-corrected chi connectivity index (χ3v) is 7.53. The molecule has 6 atom stereocenters. The SMILES string of the molecule is C[C@@H]1C[C@@](C)(CC(=O)OC[C@H]2CCN3CC[C@@H](O)[C@@H]23)O[C@@]1(C)C(=O)OCc1ccccc1. The lowest BCUT2D eigenvalue weighted by Gasteiger charge is -2.29. The Morgan fingerprint density at radius 3 is 2.62 bits per heavy atom. The topological polar surface area (TPSA) is 85.3 Å². The fraction of sp³-hybridized carbons (Fsp3) is 0.680. The monoisotopic (exact) mass is 445 g/mol. The number of carbonyl (C=O) groups excluding carboxylic acids is 2. The van der Waals surface area contributed by atoms with Crippen LogP contribution >= 0.6 is 0 Å². The van der Waals surface area contributed by atoms with E-state index >= 15 is 0 Å². The summed E-state index contributed by atoms with van der Waals surface area (Å²) in [6, 6.07) is 9.63. The molecule has 3 aliphatic heterocycles. The molecule has 0 bridgehead atoms. The summed E-state index contributed by atoms with van der Waals surface area (Å²) in [6.07, 6.45) is 2.05. The second-order valence-electron chi connectivity index (χ2n) is 10.1. The number of hydrogen-bond donors (Lipinski definition) is 1. The van der Waals surface area contributed by atoms with E-state index in [2.05, 4.69) is 4.90 Å². The molecule has 3 fully saturated rings. The van der Waals surface area contributed by atoms with Crippen LogP contribution in [0, 0.1) is 11.8 Å². The molecule has 7 nitrogen and oxygen atoms in total. The summed E-state index contributed by atoms with van der Waals surface area (Å²) in [7, 11) is 0. The van der Waals surface area contributed by atoms with Crippen molar-refractivity contribution in [2.45, 2.75) is 76.4 Å². The minimum Gasteiger partial charge on any atom is -0.465 e. The minimum absolute atomic E-state index is 0.0859. The average molecular weight is 446 g/mol. The van der Waals surface area contributed by atoms with Gasteiger partial charge in [0.05, 0.1) is 24.7 Å². The standard InChI is InChI=1S/C25H35NO6/c1-17-13-24(2,32-25(17,3)23(29)31-15-18-7-5-4-6-8-18)14-21(28)30-16-19-9-11-26-12-10-20(27)22(19)26/h4-8,17,19-20,22,27H,9-16H2,1-3H3/t17-,19-,20-,22-,24+,25-/m1/s1. The van der Waals surface area contributed by atoms with Gasteiger partial charge in [-0.1, -0.05) is 37.3 Å². The first-order valence-electron chi connectivity index (χ1n) is 11.7. The Hall–Kier alpha value is -1.96. The molecular formula is C25H35NO6. The number of fused-ring (bicyclic) bond motifs is 1. The third-order valence-electron chi connectivity index (χ3n) is 7.53. The fourth-order valence-electron chi connectivity index (χ4n) is 5.69. The van der Waals surface area contributed by atoms with Crippen molar-refractivity contribution in [1.82, 2.24) is 4.90 Å². The highest BCUT2D eigenvalue weighted by Gasteiger charge is 2.55. The maximum atomic E-state index is 12.9. The molecular weight excluding hydrogens is 410 g/mol. The van der Waals surface area contributed by atoms with Gasteiger partial charge in [-0.05, 0) is 51.1 Å². The highest BCUT2D eigenvalue weighted by Crippen LogP contribution is 2.45. The molecule has 1 aromatic rings. The zero-order valence-corrected chi connectivity index (χ0v) is 19.3. The van der Waals surface area contributed by atoms with E-state index in [4.69, 9.17) is 14.2 Å². The second-order valence-corrected chi connectivity index (χ2v) is 10.1. The van der Waals surface area contributed by atoms with Gasteiger partial charge in [-0.2, -0.15) is 0 Å². The van der Waals surface area contributed by atoms with Crippen LogP contribution in [0.3, 0.4) is 0 Å². The predicted molar refractivity (Wildman–Crippen MR) is 118 cm³/mol. The highest BCUT2D eigenvalue weighted by molar-refractivity contribution is 5.80. The molecule has 0 aliphatic carbocycles. The van der Waals surface area contributed by atoms with Crippen LogP contribution < -0.4 is 0 Å². The molecule has 0 amide bonds. The summed E-state index contributed by atoms with van der Waals surface area (Å²) in [5.74, 6) is -0.661. The third kappa shape index (κ3) is 4.70. The van der Waals surface area contributed by atoms with Crippen molar-refractivity contribution in [3.63, 3.8) is 0 Å². The van der Waals surface area contributed by atoms with Gasteiger partial charge in [-0.25, -0.2) is 4.79 Å². The first kappa shape index (κ1) is 23.2. The van der Waals surface area contributed by atoms with E-state index in [-0.39, 0.29) is 43.0 Å². The highest BCUT2D eigenvalue weighted by atomic mass is 16.6. The minimum atomic E-state index is -1.11. The van der Waals surface area contributed by atoms with E-state index in [9.17, 15) is 14.7 Å². The van der Waals surface area contributed by atoms with E-state index < -0.39 is 17.2 Å². The molecule has 0 radical (unpaired) electrons. The van der Waals surface area contributed by atoms with Crippen molar-refractivity contribution in [2.75, 3.05) is 19.7 Å². The molecule has 7 heteroatoms. The van der Waals surface area contributed by atoms with Gasteiger partial charge in [0.2, 0.25) is 0 Å². The Labute approximate surface area is 190 Å². The Kier molecular flexibility index (Phi) is 6.61. The molecule has 176 valence electrons. The van der Waals surface area contributed by atoms with Gasteiger partial charge in [0, 0.05) is 18.5 Å². The van der Waals surface area contributed by atoms with E-state index in [1.54, 1.807) is 6.92 Å². The lowest BCUT2D eigenvalue weighted by atomic mass is 9.86. The van der Waals surface area contributed by atoms with Crippen molar-refractivity contribution in [1.29, 1.82) is 0 Å². The predicted octanol–water partition coefficient (Wildman–Crippen LogP) is 2.69. The van der Waals surface area contributed by atoms with E-state index in [1.807, 2.05) is 44.2 Å². The van der Waals surface area contributed by atoms with Gasteiger partial charge >= 0.3 is 11.9 Å². The Morgan fingerprint density at radius 1 is 1.16 bits per heavy atom. The first-order valence-corrected chi connectivity index (χ1v) is 11.7. The van der Waals surface area contributed by atoms with E-state index in [1.165, 1.54) is 0 Å². The zero-order chi connectivity index (χ0) is 22.9. The summed E-state index contributed by atoms with van der Waals surface area (Å²) in [4.78, 5) is 27.8. The number of ether oxygens (including phenoxy) is 3. The fourth-order valence-corrected chi connectivity index (χ4v) is 5.69. The summed E-state index contributed by atoms with van der Waals surface area (Å²) in [5, 5.41) is 10.2. The Bertz CT molecular complexity index is 831. The van der Waals surface area contributed by atoms with Gasteiger partial charge in [-0.3, -0.25) is 9.69 Å². The zero-order valence-electron chi connectivity index (χ0n) is 19.3. The summed E-state index contributed by atoms with van der Waals surface area (Å²) >= 11 is 0. The normalized spacial score (nSPS) is 36.8. The first-order chi connectivity index (χ1) is 15.2. The smallest absolute Gasteiger partial charge is 0.338 e. The Balaban J connectivity index is 1.29. The number of carbonyl (C=O) groups is 2. The summed E-state index contributed by atoms with van der Waals surface area (Å²) in [5.41, 5.74) is -0.978. The lowest BCUT2D eigenvalue weighted by Crippen LogP contribution is -2.43. The van der Waals surface area contributed by atoms with Crippen LogP contribution in [-0.2, 0) is 30.4 Å².